The lowest BCUT2D eigenvalue weighted by molar-refractivity contribution is -0.142. The van der Waals surface area contributed by atoms with E-state index in [0.717, 1.165) is 0 Å². The van der Waals surface area contributed by atoms with E-state index >= 15 is 0 Å². The van der Waals surface area contributed by atoms with Gasteiger partial charge < -0.3 is 24.3 Å². The van der Waals surface area contributed by atoms with Crippen LogP contribution in [0.2, 0.25) is 5.02 Å². The number of ether oxygens (including phenoxy) is 4. The number of carbonyl (C=O) groups is 2. The molecule has 0 atom stereocenters. The fourth-order valence-electron chi connectivity index (χ4n) is 3.25. The Bertz CT molecular complexity index is 1230. The van der Waals surface area contributed by atoms with Crippen LogP contribution in [0.25, 0.3) is 6.08 Å². The molecule has 0 spiro atoms. The maximum atomic E-state index is 12.8. The van der Waals surface area contributed by atoms with Gasteiger partial charge in [-0.1, -0.05) is 17.7 Å². The number of fused-ring (bicyclic) bond motifs is 1. The van der Waals surface area contributed by atoms with Crippen molar-refractivity contribution in [2.45, 2.75) is 4.90 Å². The van der Waals surface area contributed by atoms with Gasteiger partial charge in [0.05, 0.1) is 28.8 Å². The molecular weight excluding hydrogens is 488 g/mol. The number of nitrogens with one attached hydrogen (secondary N) is 1. The van der Waals surface area contributed by atoms with Gasteiger partial charge in [-0.3, -0.25) is 4.79 Å². The Labute approximate surface area is 201 Å². The van der Waals surface area contributed by atoms with Gasteiger partial charge in [0.25, 0.3) is 5.91 Å². The van der Waals surface area contributed by atoms with Crippen molar-refractivity contribution in [3.05, 3.63) is 53.1 Å². The number of hydrogen-bond donors (Lipinski definition) is 1. The average Bonchev–Trinajstić information content (AvgIpc) is 3.31. The Morgan fingerprint density at radius 3 is 2.65 bits per heavy atom. The van der Waals surface area contributed by atoms with Gasteiger partial charge in [0.15, 0.2) is 18.1 Å². The van der Waals surface area contributed by atoms with Crippen LogP contribution < -0.4 is 14.8 Å². The molecule has 34 heavy (non-hydrogen) atoms. The van der Waals surface area contributed by atoms with Crippen molar-refractivity contribution in [3.8, 4) is 11.5 Å². The summed E-state index contributed by atoms with van der Waals surface area (Å²) in [7, 11) is -3.77. The molecule has 1 saturated heterocycles. The molecule has 1 amide bonds. The van der Waals surface area contributed by atoms with Gasteiger partial charge in [-0.15, -0.1) is 0 Å². The highest BCUT2D eigenvalue weighted by molar-refractivity contribution is 7.89. The number of anilines is 1. The van der Waals surface area contributed by atoms with E-state index in [1.807, 2.05) is 0 Å². The molecule has 2 aromatic rings. The maximum absolute atomic E-state index is 12.8. The van der Waals surface area contributed by atoms with E-state index in [2.05, 4.69) is 5.32 Å². The molecule has 4 rings (SSSR count). The second-order valence-electron chi connectivity index (χ2n) is 7.26. The highest BCUT2D eigenvalue weighted by Crippen LogP contribution is 2.32. The van der Waals surface area contributed by atoms with Gasteiger partial charge in [-0.2, -0.15) is 4.31 Å². The number of carbonyl (C=O) groups excluding carboxylic acids is 2. The summed E-state index contributed by atoms with van der Waals surface area (Å²) in [6, 6.07) is 9.18. The van der Waals surface area contributed by atoms with Crippen LogP contribution in [0.3, 0.4) is 0 Å². The second-order valence-corrected chi connectivity index (χ2v) is 9.61. The van der Waals surface area contributed by atoms with Gasteiger partial charge in [0.1, 0.15) is 0 Å². The Morgan fingerprint density at radius 2 is 1.85 bits per heavy atom. The first-order valence-corrected chi connectivity index (χ1v) is 12.1. The van der Waals surface area contributed by atoms with Crippen LogP contribution in [-0.2, 0) is 29.1 Å². The topological polar surface area (TPSA) is 120 Å². The van der Waals surface area contributed by atoms with Crippen molar-refractivity contribution in [3.63, 3.8) is 0 Å². The molecule has 0 bridgehead atoms. The van der Waals surface area contributed by atoms with Crippen molar-refractivity contribution in [1.82, 2.24) is 4.31 Å². The molecule has 0 radical (unpaired) electrons. The molecule has 2 heterocycles. The molecule has 1 N–H and O–H groups in total. The van der Waals surface area contributed by atoms with Crippen LogP contribution in [-0.4, -0.2) is 64.3 Å². The zero-order valence-corrected chi connectivity index (χ0v) is 19.4. The highest BCUT2D eigenvalue weighted by Gasteiger charge is 2.27. The summed E-state index contributed by atoms with van der Waals surface area (Å²) in [6.07, 6.45) is 2.69. The van der Waals surface area contributed by atoms with Crippen molar-refractivity contribution in [1.29, 1.82) is 0 Å². The van der Waals surface area contributed by atoms with Gasteiger partial charge in [-0.05, 0) is 42.0 Å². The lowest BCUT2D eigenvalue weighted by Crippen LogP contribution is -2.40. The number of benzene rings is 2. The van der Waals surface area contributed by atoms with Crippen LogP contribution in [0, 0.1) is 0 Å². The van der Waals surface area contributed by atoms with E-state index in [4.69, 9.17) is 30.5 Å². The summed E-state index contributed by atoms with van der Waals surface area (Å²) >= 11 is 6.12. The third-order valence-electron chi connectivity index (χ3n) is 4.97. The number of rotatable bonds is 7. The zero-order valence-electron chi connectivity index (χ0n) is 17.9. The third-order valence-corrected chi connectivity index (χ3v) is 7.20. The Morgan fingerprint density at radius 1 is 1.09 bits per heavy atom. The van der Waals surface area contributed by atoms with Crippen molar-refractivity contribution in [2.24, 2.45) is 0 Å². The monoisotopic (exact) mass is 508 g/mol. The molecule has 2 aliphatic rings. The largest absolute Gasteiger partial charge is 0.454 e. The minimum absolute atomic E-state index is 0.0160. The van der Waals surface area contributed by atoms with Crippen LogP contribution in [0.5, 0.6) is 11.5 Å². The van der Waals surface area contributed by atoms with Crippen LogP contribution in [0.1, 0.15) is 5.56 Å². The number of hydrogen-bond acceptors (Lipinski definition) is 8. The molecule has 2 aliphatic heterocycles. The van der Waals surface area contributed by atoms with E-state index in [0.29, 0.717) is 30.3 Å². The minimum atomic E-state index is -3.77. The number of halogens is 1. The van der Waals surface area contributed by atoms with Crippen LogP contribution in [0.15, 0.2) is 47.4 Å². The van der Waals surface area contributed by atoms with Crippen LogP contribution in [0.4, 0.5) is 5.69 Å². The van der Waals surface area contributed by atoms with E-state index in [-0.39, 0.29) is 35.5 Å². The first kappa shape index (κ1) is 24.0. The molecule has 0 saturated carbocycles. The normalized spacial score (nSPS) is 15.9. The predicted octanol–water partition coefficient (Wildman–Crippen LogP) is 2.28. The van der Waals surface area contributed by atoms with Crippen molar-refractivity contribution < 1.29 is 37.0 Å². The quantitative estimate of drug-likeness (QED) is 0.447. The lowest BCUT2D eigenvalue weighted by Gasteiger charge is -2.26. The van der Waals surface area contributed by atoms with E-state index in [1.54, 1.807) is 18.2 Å². The van der Waals surface area contributed by atoms with Crippen molar-refractivity contribution in [2.75, 3.05) is 45.0 Å². The molecule has 0 unspecified atom stereocenters. The van der Waals surface area contributed by atoms with Gasteiger partial charge in [-0.25, -0.2) is 13.2 Å². The Kier molecular flexibility index (Phi) is 7.37. The summed E-state index contributed by atoms with van der Waals surface area (Å²) in [5.74, 6) is -0.211. The van der Waals surface area contributed by atoms with E-state index < -0.39 is 28.5 Å². The predicted molar refractivity (Wildman–Crippen MR) is 122 cm³/mol. The Hall–Kier alpha value is -3.12. The second kappa shape index (κ2) is 10.4. The van der Waals surface area contributed by atoms with Gasteiger partial charge >= 0.3 is 5.97 Å². The fourth-order valence-corrected chi connectivity index (χ4v) is 4.85. The number of esters is 1. The molecule has 0 aliphatic carbocycles. The van der Waals surface area contributed by atoms with E-state index in [9.17, 15) is 18.0 Å². The zero-order chi connectivity index (χ0) is 24.1. The minimum Gasteiger partial charge on any atom is -0.454 e. The summed E-state index contributed by atoms with van der Waals surface area (Å²) in [5, 5.41) is 2.61. The summed E-state index contributed by atoms with van der Waals surface area (Å²) in [5.41, 5.74) is 0.781. The van der Waals surface area contributed by atoms with Crippen molar-refractivity contribution >= 4 is 45.3 Å². The third kappa shape index (κ3) is 5.68. The smallest absolute Gasteiger partial charge is 0.331 e. The number of sulfonamides is 1. The summed E-state index contributed by atoms with van der Waals surface area (Å²) in [6.45, 7) is 0.660. The molecular formula is C22H21ClN2O8S. The molecule has 0 aromatic heterocycles. The highest BCUT2D eigenvalue weighted by atomic mass is 35.5. The molecule has 180 valence electrons. The number of morpholine rings is 1. The molecule has 10 nitrogen and oxygen atoms in total. The van der Waals surface area contributed by atoms with E-state index in [1.165, 1.54) is 34.7 Å². The van der Waals surface area contributed by atoms with Gasteiger partial charge in [0, 0.05) is 19.2 Å². The molecule has 2 aromatic carbocycles. The number of nitrogens with zero attached hydrogens (tertiary/aromatic N) is 1. The van der Waals surface area contributed by atoms with Gasteiger partial charge in [0.2, 0.25) is 16.8 Å². The lowest BCUT2D eigenvalue weighted by atomic mass is 10.2. The SMILES string of the molecule is O=C(COC(=O)/C=C/c1ccc2c(c1)OCO2)Nc1cc(S(=O)(=O)N2CCOCC2)ccc1Cl. The standard InChI is InChI=1S/C22H21ClN2O8S/c23-17-4-3-16(34(28,29)25-7-9-30-10-8-25)12-18(17)24-21(26)13-31-22(27)6-2-15-1-5-19-20(11-15)33-14-32-19/h1-6,11-12H,7-10,13-14H2,(H,24,26)/b6-2+. The first-order valence-electron chi connectivity index (χ1n) is 10.2. The summed E-state index contributed by atoms with van der Waals surface area (Å²) in [4.78, 5) is 24.2. The average molecular weight is 509 g/mol. The first-order chi connectivity index (χ1) is 16.3. The fraction of sp³-hybridized carbons (Fsp3) is 0.273. The summed E-state index contributed by atoms with van der Waals surface area (Å²) < 4.78 is 47.6. The van der Waals surface area contributed by atoms with Crippen LogP contribution >= 0.6 is 11.6 Å². The molecule has 12 heteroatoms. The number of amides is 1. The molecule has 1 fully saturated rings. The maximum Gasteiger partial charge on any atom is 0.331 e. The Balaban J connectivity index is 1.33.